The van der Waals surface area contributed by atoms with Gasteiger partial charge in [0.25, 0.3) is 5.91 Å². The minimum Gasteiger partial charge on any atom is -0.455 e. The number of hydrogen-bond donors (Lipinski definition) is 0. The van der Waals surface area contributed by atoms with Crippen LogP contribution in [0.5, 0.6) is 0 Å². The highest BCUT2D eigenvalue weighted by atomic mass is 16.4. The van der Waals surface area contributed by atoms with Crippen LogP contribution in [-0.2, 0) is 11.3 Å². The molecule has 6 heteroatoms. The topological polar surface area (TPSA) is 57.0 Å². The molecule has 0 unspecified atom stereocenters. The predicted molar refractivity (Wildman–Crippen MR) is 88.5 cm³/mol. The van der Waals surface area contributed by atoms with Crippen molar-refractivity contribution in [3.05, 3.63) is 23.7 Å². The molecule has 1 saturated carbocycles. The summed E-state index contributed by atoms with van der Waals surface area (Å²) in [6.07, 6.45) is 5.99. The number of likely N-dealkylation sites (tertiary alicyclic amines) is 1. The summed E-state index contributed by atoms with van der Waals surface area (Å²) in [6.45, 7) is 4.39. The Morgan fingerprint density at radius 3 is 2.58 bits per heavy atom. The highest BCUT2D eigenvalue weighted by Gasteiger charge is 2.37. The molecule has 0 aromatic carbocycles. The summed E-state index contributed by atoms with van der Waals surface area (Å²) in [4.78, 5) is 30.7. The molecule has 0 spiro atoms. The molecule has 1 aliphatic carbocycles. The quantitative estimate of drug-likeness (QED) is 0.843. The minimum atomic E-state index is -0.163. The lowest BCUT2D eigenvalue weighted by molar-refractivity contribution is -0.135. The van der Waals surface area contributed by atoms with Crippen molar-refractivity contribution in [2.45, 2.75) is 44.7 Å². The molecule has 6 nitrogen and oxygen atoms in total. The average Bonchev–Trinajstić information content (AvgIpc) is 3.34. The van der Waals surface area contributed by atoms with Crippen molar-refractivity contribution in [3.8, 4) is 0 Å². The van der Waals surface area contributed by atoms with Crippen LogP contribution < -0.4 is 0 Å². The first kappa shape index (κ1) is 15.7. The van der Waals surface area contributed by atoms with Gasteiger partial charge in [0.05, 0.1) is 6.54 Å². The summed E-state index contributed by atoms with van der Waals surface area (Å²) in [5.74, 6) is 1.10. The first-order valence-corrected chi connectivity index (χ1v) is 9.10. The maximum atomic E-state index is 12.6. The van der Waals surface area contributed by atoms with E-state index in [1.165, 1.54) is 19.3 Å². The largest absolute Gasteiger partial charge is 0.455 e. The van der Waals surface area contributed by atoms with E-state index < -0.39 is 0 Å². The molecule has 1 aromatic rings. The number of furan rings is 1. The molecule has 3 aliphatic rings. The lowest BCUT2D eigenvalue weighted by atomic mass is 10.1. The fraction of sp³-hybridized carbons (Fsp3) is 0.667. The predicted octanol–water partition coefficient (Wildman–Crippen LogP) is 1.71. The molecule has 0 radical (unpaired) electrons. The monoisotopic (exact) mass is 331 g/mol. The molecule has 2 aliphatic heterocycles. The van der Waals surface area contributed by atoms with E-state index in [4.69, 9.17) is 4.42 Å². The zero-order valence-corrected chi connectivity index (χ0v) is 14.1. The second-order valence-corrected chi connectivity index (χ2v) is 7.15. The number of carbonyl (C=O) groups excluding carboxylic acids is 2. The summed E-state index contributed by atoms with van der Waals surface area (Å²) < 4.78 is 5.77. The zero-order chi connectivity index (χ0) is 16.5. The van der Waals surface area contributed by atoms with E-state index in [2.05, 4.69) is 4.90 Å². The third kappa shape index (κ3) is 3.34. The zero-order valence-electron chi connectivity index (χ0n) is 14.1. The maximum absolute atomic E-state index is 12.6. The summed E-state index contributed by atoms with van der Waals surface area (Å²) in [7, 11) is 0. The molecule has 1 aromatic heterocycles. The van der Waals surface area contributed by atoms with Crippen LogP contribution in [0.3, 0.4) is 0 Å². The van der Waals surface area contributed by atoms with Gasteiger partial charge in [-0.1, -0.05) is 6.42 Å². The van der Waals surface area contributed by atoms with Gasteiger partial charge in [-0.15, -0.1) is 0 Å². The number of piperidine rings is 1. The van der Waals surface area contributed by atoms with Gasteiger partial charge in [0.1, 0.15) is 12.3 Å². The lowest BCUT2D eigenvalue weighted by Gasteiger charge is -2.34. The number of carbonyl (C=O) groups is 2. The van der Waals surface area contributed by atoms with Crippen LogP contribution in [0.4, 0.5) is 0 Å². The summed E-state index contributed by atoms with van der Waals surface area (Å²) in [5, 5.41) is 0. The van der Waals surface area contributed by atoms with E-state index in [1.807, 2.05) is 11.0 Å². The molecule has 0 bridgehead atoms. The molecule has 24 heavy (non-hydrogen) atoms. The van der Waals surface area contributed by atoms with Gasteiger partial charge in [-0.2, -0.15) is 0 Å². The Bertz CT molecular complexity index is 617. The van der Waals surface area contributed by atoms with E-state index >= 15 is 0 Å². The number of piperazine rings is 1. The van der Waals surface area contributed by atoms with Crippen LogP contribution in [-0.4, -0.2) is 65.3 Å². The molecule has 2 saturated heterocycles. The third-order valence-corrected chi connectivity index (χ3v) is 5.23. The van der Waals surface area contributed by atoms with Crippen molar-refractivity contribution >= 4 is 11.8 Å². The minimum absolute atomic E-state index is 0.0668. The summed E-state index contributed by atoms with van der Waals surface area (Å²) in [5.41, 5.74) is 0. The Morgan fingerprint density at radius 1 is 1.08 bits per heavy atom. The molecule has 130 valence electrons. The number of hydrogen-bond acceptors (Lipinski definition) is 4. The van der Waals surface area contributed by atoms with Crippen molar-refractivity contribution in [2.24, 2.45) is 0 Å². The Hall–Kier alpha value is -1.82. The summed E-state index contributed by atoms with van der Waals surface area (Å²) >= 11 is 0. The molecule has 4 rings (SSSR count). The Labute approximate surface area is 142 Å². The molecule has 0 atom stereocenters. The smallest absolute Gasteiger partial charge is 0.290 e. The number of nitrogens with zero attached hydrogens (tertiary/aromatic N) is 3. The standard InChI is InChI=1S/C18H25N3O3/c22-17-13-20(10-11-21(17)14-4-5-14)18(23)16-7-6-15(24-16)12-19-8-2-1-3-9-19/h6-7,14H,1-5,8-13H2. The first-order chi connectivity index (χ1) is 11.7. The molecular formula is C18H25N3O3. The van der Waals surface area contributed by atoms with Crippen molar-refractivity contribution < 1.29 is 14.0 Å². The van der Waals surface area contributed by atoms with Gasteiger partial charge < -0.3 is 14.2 Å². The Balaban J connectivity index is 1.35. The van der Waals surface area contributed by atoms with Crippen molar-refractivity contribution in [1.82, 2.24) is 14.7 Å². The van der Waals surface area contributed by atoms with E-state index in [0.29, 0.717) is 24.9 Å². The van der Waals surface area contributed by atoms with Gasteiger partial charge >= 0.3 is 0 Å². The van der Waals surface area contributed by atoms with E-state index in [-0.39, 0.29) is 18.4 Å². The van der Waals surface area contributed by atoms with Crippen LogP contribution in [0, 0.1) is 0 Å². The van der Waals surface area contributed by atoms with Gasteiger partial charge in [-0.05, 0) is 50.9 Å². The van der Waals surface area contributed by atoms with Crippen molar-refractivity contribution in [3.63, 3.8) is 0 Å². The highest BCUT2D eigenvalue weighted by Crippen LogP contribution is 2.28. The Kier molecular flexibility index (Phi) is 4.31. The van der Waals surface area contributed by atoms with E-state index in [9.17, 15) is 9.59 Å². The van der Waals surface area contributed by atoms with Crippen LogP contribution in [0.15, 0.2) is 16.5 Å². The summed E-state index contributed by atoms with van der Waals surface area (Å²) in [6, 6.07) is 4.07. The van der Waals surface area contributed by atoms with Gasteiger partial charge in [-0.25, -0.2) is 0 Å². The van der Waals surface area contributed by atoms with Crippen LogP contribution >= 0.6 is 0 Å². The van der Waals surface area contributed by atoms with Gasteiger partial charge in [0.2, 0.25) is 5.91 Å². The molecule has 0 N–H and O–H groups in total. The Morgan fingerprint density at radius 2 is 1.88 bits per heavy atom. The molecule has 3 heterocycles. The SMILES string of the molecule is O=C(c1ccc(CN2CCCCC2)o1)N1CCN(C2CC2)C(=O)C1. The van der Waals surface area contributed by atoms with E-state index in [1.54, 1.807) is 11.0 Å². The van der Waals surface area contributed by atoms with Crippen LogP contribution in [0.1, 0.15) is 48.4 Å². The third-order valence-electron chi connectivity index (χ3n) is 5.23. The van der Waals surface area contributed by atoms with Crippen LogP contribution in [0.2, 0.25) is 0 Å². The number of rotatable bonds is 4. The highest BCUT2D eigenvalue weighted by molar-refractivity contribution is 5.95. The number of amides is 2. The van der Waals surface area contributed by atoms with E-state index in [0.717, 1.165) is 38.2 Å². The first-order valence-electron chi connectivity index (χ1n) is 9.10. The van der Waals surface area contributed by atoms with Gasteiger partial charge in [0, 0.05) is 19.1 Å². The lowest BCUT2D eigenvalue weighted by Crippen LogP contribution is -2.52. The molecule has 2 amide bonds. The normalized spacial score (nSPS) is 22.9. The second kappa shape index (κ2) is 6.59. The van der Waals surface area contributed by atoms with Crippen LogP contribution in [0.25, 0.3) is 0 Å². The second-order valence-electron chi connectivity index (χ2n) is 7.15. The van der Waals surface area contributed by atoms with Gasteiger partial charge in [0.15, 0.2) is 5.76 Å². The molecular weight excluding hydrogens is 306 g/mol. The fourth-order valence-electron chi connectivity index (χ4n) is 3.70. The average molecular weight is 331 g/mol. The fourth-order valence-corrected chi connectivity index (χ4v) is 3.70. The van der Waals surface area contributed by atoms with Crippen molar-refractivity contribution in [2.75, 3.05) is 32.7 Å². The van der Waals surface area contributed by atoms with Gasteiger partial charge in [-0.3, -0.25) is 14.5 Å². The van der Waals surface area contributed by atoms with Crippen molar-refractivity contribution in [1.29, 1.82) is 0 Å². The maximum Gasteiger partial charge on any atom is 0.290 e. The molecule has 3 fully saturated rings.